The molecule has 0 aliphatic heterocycles. The van der Waals surface area contributed by atoms with Gasteiger partial charge in [0.05, 0.1) is 0 Å². The van der Waals surface area contributed by atoms with Crippen molar-refractivity contribution in [3.8, 4) is 0 Å². The molecular formula is C9H11P. The Balaban J connectivity index is 3.00. The lowest BCUT2D eigenvalue weighted by Crippen LogP contribution is -1.88. The normalized spacial score (nSPS) is 9.40. The molecule has 1 rings (SSSR count). The molecule has 0 aliphatic carbocycles. The van der Waals surface area contributed by atoms with E-state index in [1.165, 1.54) is 10.9 Å². The van der Waals surface area contributed by atoms with E-state index in [4.69, 9.17) is 0 Å². The Labute approximate surface area is 64.2 Å². The summed E-state index contributed by atoms with van der Waals surface area (Å²) >= 11 is 0. The lowest BCUT2D eigenvalue weighted by molar-refractivity contribution is 1.61. The summed E-state index contributed by atoms with van der Waals surface area (Å²) in [5.41, 5.74) is 2.33. The van der Waals surface area contributed by atoms with Crippen molar-refractivity contribution in [3.05, 3.63) is 36.4 Å². The Bertz CT molecular complexity index is 233. The van der Waals surface area contributed by atoms with Crippen molar-refractivity contribution >= 4 is 20.1 Å². The van der Waals surface area contributed by atoms with Gasteiger partial charge in [-0.05, 0) is 17.8 Å². The predicted molar refractivity (Wildman–Crippen MR) is 50.5 cm³/mol. The third-order valence-corrected chi connectivity index (χ3v) is 1.79. The molecule has 0 spiro atoms. The van der Waals surface area contributed by atoms with Crippen molar-refractivity contribution < 1.29 is 0 Å². The molecule has 0 nitrogen and oxygen atoms in total. The monoisotopic (exact) mass is 150 g/mol. The summed E-state index contributed by atoms with van der Waals surface area (Å²) in [7, 11) is 2.65. The molecular weight excluding hydrogens is 139 g/mol. The number of hydrogen-bond donors (Lipinski definition) is 0. The van der Waals surface area contributed by atoms with Gasteiger partial charge in [-0.25, -0.2) is 0 Å². The molecule has 0 saturated carbocycles. The molecule has 10 heavy (non-hydrogen) atoms. The average Bonchev–Trinajstić information content (AvgIpc) is 1.88. The molecule has 0 saturated heterocycles. The highest BCUT2D eigenvalue weighted by Crippen LogP contribution is 2.09. The summed E-state index contributed by atoms with van der Waals surface area (Å²) in [5, 5.41) is 1.21. The maximum atomic E-state index is 3.85. The highest BCUT2D eigenvalue weighted by Gasteiger charge is 1.89. The van der Waals surface area contributed by atoms with Crippen LogP contribution in [0.25, 0.3) is 5.57 Å². The predicted octanol–water partition coefficient (Wildman–Crippen LogP) is 2.22. The van der Waals surface area contributed by atoms with E-state index in [0.717, 1.165) is 5.57 Å². The molecule has 0 N–H and O–H groups in total. The largest absolute Gasteiger partial charge is 0.106 e. The summed E-state index contributed by atoms with van der Waals surface area (Å²) in [6, 6.07) is 8.28. The van der Waals surface area contributed by atoms with Crippen molar-refractivity contribution in [1.29, 1.82) is 0 Å². The number of allylic oxidation sites excluding steroid dienone is 1. The number of benzene rings is 1. The van der Waals surface area contributed by atoms with Crippen molar-refractivity contribution in [2.75, 3.05) is 0 Å². The lowest BCUT2D eigenvalue weighted by Gasteiger charge is -1.97. The third kappa shape index (κ3) is 1.68. The van der Waals surface area contributed by atoms with Crippen LogP contribution in [-0.2, 0) is 0 Å². The summed E-state index contributed by atoms with van der Waals surface area (Å²) in [6.45, 7) is 5.86. The average molecular weight is 150 g/mol. The van der Waals surface area contributed by atoms with Crippen LogP contribution >= 0.6 is 9.24 Å². The first-order chi connectivity index (χ1) is 4.70. The van der Waals surface area contributed by atoms with Crippen molar-refractivity contribution in [2.24, 2.45) is 0 Å². The van der Waals surface area contributed by atoms with E-state index in [9.17, 15) is 0 Å². The SMILES string of the molecule is C=C(C)c1ccc(P)cc1. The Morgan fingerprint density at radius 3 is 2.20 bits per heavy atom. The summed E-state index contributed by atoms with van der Waals surface area (Å²) in [5.74, 6) is 0. The van der Waals surface area contributed by atoms with E-state index in [1.54, 1.807) is 0 Å². The molecule has 0 amide bonds. The maximum Gasteiger partial charge on any atom is -0.0233 e. The van der Waals surface area contributed by atoms with Crippen LogP contribution in [0.1, 0.15) is 12.5 Å². The molecule has 0 aliphatic rings. The zero-order valence-corrected chi connectivity index (χ0v) is 7.25. The van der Waals surface area contributed by atoms with Gasteiger partial charge < -0.3 is 0 Å². The Hall–Kier alpha value is -0.610. The second kappa shape index (κ2) is 2.98. The van der Waals surface area contributed by atoms with E-state index in [-0.39, 0.29) is 0 Å². The Kier molecular flexibility index (Phi) is 2.24. The highest BCUT2D eigenvalue weighted by molar-refractivity contribution is 7.27. The van der Waals surface area contributed by atoms with Crippen LogP contribution in [0.2, 0.25) is 0 Å². The summed E-state index contributed by atoms with van der Waals surface area (Å²) in [6.07, 6.45) is 0. The van der Waals surface area contributed by atoms with Gasteiger partial charge in [0.25, 0.3) is 0 Å². The second-order valence-corrected chi connectivity index (χ2v) is 3.07. The van der Waals surface area contributed by atoms with Gasteiger partial charge in [-0.1, -0.05) is 36.4 Å². The molecule has 1 atom stereocenters. The zero-order chi connectivity index (χ0) is 7.56. The van der Waals surface area contributed by atoms with Crippen LogP contribution in [0.3, 0.4) is 0 Å². The van der Waals surface area contributed by atoms with Gasteiger partial charge in [0.2, 0.25) is 0 Å². The van der Waals surface area contributed by atoms with Gasteiger partial charge in [-0.3, -0.25) is 0 Å². The van der Waals surface area contributed by atoms with Crippen LogP contribution in [0, 0.1) is 0 Å². The van der Waals surface area contributed by atoms with E-state index in [2.05, 4.69) is 40.1 Å². The van der Waals surface area contributed by atoms with Gasteiger partial charge in [0, 0.05) is 0 Å². The van der Waals surface area contributed by atoms with Crippen LogP contribution in [0.4, 0.5) is 0 Å². The summed E-state index contributed by atoms with van der Waals surface area (Å²) in [4.78, 5) is 0. The minimum atomic E-state index is 1.12. The number of hydrogen-bond acceptors (Lipinski definition) is 0. The van der Waals surface area contributed by atoms with Gasteiger partial charge in [-0.15, -0.1) is 9.24 Å². The quantitative estimate of drug-likeness (QED) is 0.538. The van der Waals surface area contributed by atoms with E-state index in [0.29, 0.717) is 0 Å². The van der Waals surface area contributed by atoms with Crippen molar-refractivity contribution in [3.63, 3.8) is 0 Å². The maximum absolute atomic E-state index is 3.85. The van der Waals surface area contributed by atoms with Crippen LogP contribution in [-0.4, -0.2) is 0 Å². The van der Waals surface area contributed by atoms with E-state index < -0.39 is 0 Å². The van der Waals surface area contributed by atoms with E-state index in [1.807, 2.05) is 6.92 Å². The fraction of sp³-hybridized carbons (Fsp3) is 0.111. The molecule has 1 unspecified atom stereocenters. The zero-order valence-electron chi connectivity index (χ0n) is 6.09. The first kappa shape index (κ1) is 7.50. The van der Waals surface area contributed by atoms with Gasteiger partial charge in [0.15, 0.2) is 0 Å². The van der Waals surface area contributed by atoms with Crippen LogP contribution < -0.4 is 5.30 Å². The smallest absolute Gasteiger partial charge is 0.0233 e. The highest BCUT2D eigenvalue weighted by atomic mass is 31.0. The molecule has 52 valence electrons. The van der Waals surface area contributed by atoms with Gasteiger partial charge in [0.1, 0.15) is 0 Å². The van der Waals surface area contributed by atoms with Crippen LogP contribution in [0.5, 0.6) is 0 Å². The first-order valence-electron chi connectivity index (χ1n) is 3.21. The van der Waals surface area contributed by atoms with Gasteiger partial charge >= 0.3 is 0 Å². The minimum absolute atomic E-state index is 1.12. The Morgan fingerprint density at radius 2 is 1.80 bits per heavy atom. The molecule has 0 fully saturated rings. The second-order valence-electron chi connectivity index (χ2n) is 2.40. The van der Waals surface area contributed by atoms with Crippen molar-refractivity contribution in [1.82, 2.24) is 0 Å². The van der Waals surface area contributed by atoms with Gasteiger partial charge in [-0.2, -0.15) is 0 Å². The molecule has 0 aromatic heterocycles. The summed E-state index contributed by atoms with van der Waals surface area (Å²) < 4.78 is 0. The molecule has 0 bridgehead atoms. The van der Waals surface area contributed by atoms with Crippen molar-refractivity contribution in [2.45, 2.75) is 6.92 Å². The standard InChI is InChI=1S/C9H11P/c1-7(2)8-3-5-9(10)6-4-8/h3-6H,1,10H2,2H3. The molecule has 0 heterocycles. The van der Waals surface area contributed by atoms with E-state index >= 15 is 0 Å². The Morgan fingerprint density at radius 1 is 1.30 bits per heavy atom. The first-order valence-corrected chi connectivity index (χ1v) is 3.79. The molecule has 0 radical (unpaired) electrons. The molecule has 1 aromatic rings. The van der Waals surface area contributed by atoms with Crippen LogP contribution in [0.15, 0.2) is 30.8 Å². The molecule has 1 aromatic carbocycles. The number of rotatable bonds is 1. The molecule has 1 heteroatoms. The fourth-order valence-electron chi connectivity index (χ4n) is 0.768. The fourth-order valence-corrected chi connectivity index (χ4v) is 0.960. The topological polar surface area (TPSA) is 0 Å². The lowest BCUT2D eigenvalue weighted by atomic mass is 10.1. The third-order valence-electron chi connectivity index (χ3n) is 1.40. The minimum Gasteiger partial charge on any atom is -0.106 e.